The Balaban J connectivity index is 1.90. The molecule has 1 aromatic rings. The van der Waals surface area contributed by atoms with Crippen molar-refractivity contribution in [3.8, 4) is 0 Å². The molecule has 0 saturated heterocycles. The predicted molar refractivity (Wildman–Crippen MR) is 86.9 cm³/mol. The molecule has 2 rings (SSSR count). The minimum absolute atomic E-state index is 0.321. The molecule has 0 aliphatic heterocycles. The molecule has 1 saturated carbocycles. The lowest BCUT2D eigenvalue weighted by atomic mass is 9.82. The van der Waals surface area contributed by atoms with E-state index in [0.29, 0.717) is 11.4 Å². The molecule has 2 atom stereocenters. The lowest BCUT2D eigenvalue weighted by Crippen LogP contribution is -2.23. The van der Waals surface area contributed by atoms with E-state index < -0.39 is 10.0 Å². The van der Waals surface area contributed by atoms with Gasteiger partial charge in [-0.1, -0.05) is 26.7 Å². The SMILES string of the molecule is CCNS(=O)(=O)c1ccc(NCC2CCCC(C)C2)cc1. The summed E-state index contributed by atoms with van der Waals surface area (Å²) < 4.78 is 26.2. The van der Waals surface area contributed by atoms with Crippen LogP contribution in [0.2, 0.25) is 0 Å². The second kappa shape index (κ2) is 7.27. The van der Waals surface area contributed by atoms with Gasteiger partial charge in [0.15, 0.2) is 0 Å². The molecular formula is C16H26N2O2S. The smallest absolute Gasteiger partial charge is 0.240 e. The lowest BCUT2D eigenvalue weighted by molar-refractivity contribution is 0.293. The van der Waals surface area contributed by atoms with Crippen LogP contribution in [0.4, 0.5) is 5.69 Å². The Morgan fingerprint density at radius 3 is 2.52 bits per heavy atom. The highest BCUT2D eigenvalue weighted by atomic mass is 32.2. The summed E-state index contributed by atoms with van der Waals surface area (Å²) >= 11 is 0. The van der Waals surface area contributed by atoms with E-state index in [2.05, 4.69) is 17.0 Å². The van der Waals surface area contributed by atoms with Crippen molar-refractivity contribution in [1.29, 1.82) is 0 Å². The van der Waals surface area contributed by atoms with Crippen molar-refractivity contribution in [3.63, 3.8) is 0 Å². The number of hydrogen-bond donors (Lipinski definition) is 2. The van der Waals surface area contributed by atoms with Gasteiger partial charge in [0.1, 0.15) is 0 Å². The predicted octanol–water partition coefficient (Wildman–Crippen LogP) is 3.22. The fraction of sp³-hybridized carbons (Fsp3) is 0.625. The van der Waals surface area contributed by atoms with E-state index in [4.69, 9.17) is 0 Å². The topological polar surface area (TPSA) is 58.2 Å². The van der Waals surface area contributed by atoms with Gasteiger partial charge in [0, 0.05) is 18.8 Å². The summed E-state index contributed by atoms with van der Waals surface area (Å²) in [5.41, 5.74) is 0.990. The van der Waals surface area contributed by atoms with E-state index in [1.54, 1.807) is 19.1 Å². The van der Waals surface area contributed by atoms with E-state index in [-0.39, 0.29) is 0 Å². The highest BCUT2D eigenvalue weighted by Gasteiger charge is 2.18. The fourth-order valence-corrected chi connectivity index (χ4v) is 4.07. The quantitative estimate of drug-likeness (QED) is 0.848. The normalized spacial score (nSPS) is 23.0. The molecule has 0 spiro atoms. The van der Waals surface area contributed by atoms with Crippen molar-refractivity contribution in [2.24, 2.45) is 11.8 Å². The number of sulfonamides is 1. The van der Waals surface area contributed by atoms with Gasteiger partial charge in [-0.25, -0.2) is 13.1 Å². The number of benzene rings is 1. The number of rotatable bonds is 6. The third-order valence-corrected chi connectivity index (χ3v) is 5.70. The van der Waals surface area contributed by atoms with E-state index in [1.807, 2.05) is 12.1 Å². The van der Waals surface area contributed by atoms with Crippen molar-refractivity contribution >= 4 is 15.7 Å². The molecule has 4 nitrogen and oxygen atoms in total. The van der Waals surface area contributed by atoms with E-state index in [1.165, 1.54) is 25.7 Å². The Labute approximate surface area is 128 Å². The van der Waals surface area contributed by atoms with Gasteiger partial charge in [0.05, 0.1) is 4.90 Å². The Kier molecular flexibility index (Phi) is 5.65. The van der Waals surface area contributed by atoms with Crippen molar-refractivity contribution in [3.05, 3.63) is 24.3 Å². The summed E-state index contributed by atoms with van der Waals surface area (Å²) in [7, 11) is -3.35. The Morgan fingerprint density at radius 2 is 1.90 bits per heavy atom. The van der Waals surface area contributed by atoms with E-state index in [0.717, 1.165) is 24.1 Å². The molecule has 21 heavy (non-hydrogen) atoms. The molecule has 0 radical (unpaired) electrons. The molecule has 0 bridgehead atoms. The number of nitrogens with one attached hydrogen (secondary N) is 2. The number of anilines is 1. The summed E-state index contributed by atoms with van der Waals surface area (Å²) in [5.74, 6) is 1.57. The van der Waals surface area contributed by atoms with Gasteiger partial charge in [0.25, 0.3) is 0 Å². The average Bonchev–Trinajstić information content (AvgIpc) is 2.46. The fourth-order valence-electron chi connectivity index (χ4n) is 3.03. The van der Waals surface area contributed by atoms with Crippen LogP contribution in [0.1, 0.15) is 39.5 Å². The zero-order chi connectivity index (χ0) is 15.3. The molecule has 1 aliphatic carbocycles. The minimum atomic E-state index is -3.35. The molecular weight excluding hydrogens is 284 g/mol. The van der Waals surface area contributed by atoms with Crippen molar-refractivity contribution in [2.75, 3.05) is 18.4 Å². The maximum absolute atomic E-state index is 11.9. The van der Waals surface area contributed by atoms with Crippen molar-refractivity contribution < 1.29 is 8.42 Å². The number of hydrogen-bond acceptors (Lipinski definition) is 3. The van der Waals surface area contributed by atoms with E-state index in [9.17, 15) is 8.42 Å². The average molecular weight is 310 g/mol. The highest BCUT2D eigenvalue weighted by molar-refractivity contribution is 7.89. The first-order valence-corrected chi connectivity index (χ1v) is 9.33. The van der Waals surface area contributed by atoms with Gasteiger partial charge in [-0.15, -0.1) is 0 Å². The van der Waals surface area contributed by atoms with Crippen LogP contribution in [-0.2, 0) is 10.0 Å². The van der Waals surface area contributed by atoms with Crippen LogP contribution in [-0.4, -0.2) is 21.5 Å². The maximum Gasteiger partial charge on any atom is 0.240 e. The Morgan fingerprint density at radius 1 is 1.19 bits per heavy atom. The Hall–Kier alpha value is -1.07. The molecule has 2 N–H and O–H groups in total. The van der Waals surface area contributed by atoms with Gasteiger partial charge < -0.3 is 5.32 Å². The zero-order valence-electron chi connectivity index (χ0n) is 12.9. The summed E-state index contributed by atoms with van der Waals surface area (Å²) in [5, 5.41) is 3.43. The first kappa shape index (κ1) is 16.3. The van der Waals surface area contributed by atoms with Gasteiger partial charge >= 0.3 is 0 Å². The summed E-state index contributed by atoms with van der Waals surface area (Å²) in [4.78, 5) is 0.321. The van der Waals surface area contributed by atoms with Crippen LogP contribution in [0.25, 0.3) is 0 Å². The first-order valence-electron chi connectivity index (χ1n) is 7.85. The largest absolute Gasteiger partial charge is 0.385 e. The molecule has 118 valence electrons. The van der Waals surface area contributed by atoms with Crippen LogP contribution in [0.5, 0.6) is 0 Å². The second-order valence-electron chi connectivity index (χ2n) is 6.04. The molecule has 0 aromatic heterocycles. The molecule has 1 aliphatic rings. The monoisotopic (exact) mass is 310 g/mol. The van der Waals surface area contributed by atoms with Crippen LogP contribution < -0.4 is 10.0 Å². The maximum atomic E-state index is 11.9. The van der Waals surface area contributed by atoms with Gasteiger partial charge in [-0.3, -0.25) is 0 Å². The van der Waals surface area contributed by atoms with Crippen LogP contribution >= 0.6 is 0 Å². The van der Waals surface area contributed by atoms with Gasteiger partial charge in [0.2, 0.25) is 10.0 Å². The summed E-state index contributed by atoms with van der Waals surface area (Å²) in [6.45, 7) is 5.48. The standard InChI is InChI=1S/C16H26N2O2S/c1-3-18-21(19,20)16-9-7-15(8-10-16)17-12-14-6-4-5-13(2)11-14/h7-10,13-14,17-18H,3-6,11-12H2,1-2H3. The third-order valence-electron chi connectivity index (χ3n) is 4.14. The minimum Gasteiger partial charge on any atom is -0.385 e. The summed E-state index contributed by atoms with van der Waals surface area (Å²) in [6.07, 6.45) is 5.27. The molecule has 0 amide bonds. The Bertz CT molecular complexity index is 540. The van der Waals surface area contributed by atoms with Crippen molar-refractivity contribution in [1.82, 2.24) is 4.72 Å². The molecule has 0 heterocycles. The molecule has 1 fully saturated rings. The lowest BCUT2D eigenvalue weighted by Gasteiger charge is -2.27. The molecule has 5 heteroatoms. The molecule has 2 unspecified atom stereocenters. The first-order chi connectivity index (χ1) is 10.0. The third kappa shape index (κ3) is 4.71. The highest BCUT2D eigenvalue weighted by Crippen LogP contribution is 2.28. The van der Waals surface area contributed by atoms with Gasteiger partial charge in [-0.05, 0) is 48.9 Å². The summed E-state index contributed by atoms with van der Waals surface area (Å²) in [6, 6.07) is 7.00. The second-order valence-corrected chi connectivity index (χ2v) is 7.81. The zero-order valence-corrected chi connectivity index (χ0v) is 13.7. The van der Waals surface area contributed by atoms with Crippen LogP contribution in [0.15, 0.2) is 29.2 Å². The van der Waals surface area contributed by atoms with Crippen LogP contribution in [0, 0.1) is 11.8 Å². The van der Waals surface area contributed by atoms with E-state index >= 15 is 0 Å². The molecule has 1 aromatic carbocycles. The van der Waals surface area contributed by atoms with Gasteiger partial charge in [-0.2, -0.15) is 0 Å². The van der Waals surface area contributed by atoms with Crippen molar-refractivity contribution in [2.45, 2.75) is 44.4 Å². The van der Waals surface area contributed by atoms with Crippen LogP contribution in [0.3, 0.4) is 0 Å².